The van der Waals surface area contributed by atoms with Crippen LogP contribution in [0.4, 0.5) is 0 Å². The predicted octanol–water partition coefficient (Wildman–Crippen LogP) is 13.3. The fourth-order valence-corrected chi connectivity index (χ4v) is 9.12. The van der Waals surface area contributed by atoms with Crippen molar-refractivity contribution in [3.63, 3.8) is 0 Å². The molecule has 0 saturated heterocycles. The maximum atomic E-state index is 6.41. The normalized spacial score (nSPS) is 11.7. The van der Waals surface area contributed by atoms with E-state index in [-0.39, 0.29) is 26.0 Å². The van der Waals surface area contributed by atoms with E-state index in [4.69, 9.17) is 4.42 Å². The Morgan fingerprint density at radius 3 is 1.91 bits per heavy atom. The van der Waals surface area contributed by atoms with Crippen LogP contribution in [0.2, 0.25) is 19.6 Å². The number of aromatic nitrogens is 2. The Morgan fingerprint density at radius 1 is 0.596 bits per heavy atom. The Kier molecular flexibility index (Phi) is 11.9. The summed E-state index contributed by atoms with van der Waals surface area (Å²) in [5.74, 6) is 0.274. The zero-order chi connectivity index (χ0) is 38.6. The van der Waals surface area contributed by atoms with E-state index in [0.717, 1.165) is 50.0 Å². The average molecular weight is 933 g/mol. The van der Waals surface area contributed by atoms with Crippen LogP contribution in [0, 0.1) is 19.1 Å². The summed E-state index contributed by atoms with van der Waals surface area (Å²) in [5.41, 5.74) is 14.1. The fourth-order valence-electron chi connectivity index (χ4n) is 7.41. The first-order valence-corrected chi connectivity index (χ1v) is 22.7. The molecule has 5 heteroatoms. The Bertz CT molecular complexity index is 2740. The summed E-state index contributed by atoms with van der Waals surface area (Å²) in [6, 6.07) is 61.3. The minimum absolute atomic E-state index is 0. The first kappa shape index (κ1) is 39.5. The largest absolute Gasteiger partial charge is 0.501 e. The predicted molar refractivity (Wildman–Crippen MR) is 237 cm³/mol. The van der Waals surface area contributed by atoms with Crippen LogP contribution in [0.5, 0.6) is 0 Å². The molecular formula is C52H44IrN2OSi-2. The monoisotopic (exact) mass is 933 g/mol. The fraction of sp³-hybridized carbons (Fsp3) is 0.115. The Labute approximate surface area is 350 Å². The van der Waals surface area contributed by atoms with Gasteiger partial charge in [0.25, 0.3) is 0 Å². The van der Waals surface area contributed by atoms with Crippen molar-refractivity contribution in [3.05, 3.63) is 199 Å². The van der Waals surface area contributed by atoms with Gasteiger partial charge in [-0.2, -0.15) is 0 Å². The van der Waals surface area contributed by atoms with Gasteiger partial charge >= 0.3 is 0 Å². The standard InChI is InChI=1S/C31H22NO.C21H22NSi.Ir/c1-21(22-9-4-2-5-10-22)24-17-18-32-29(19-24)28-14-8-13-27-26-16-15-25(20-30(26)33-31(27)28)23-11-6-3-7-12-23;1-16-14-20(22-15-21(16)23(2,3)4)19-12-10-18(11-13-19)17-8-6-5-7-9-17;/h2-13,15-21H,1H3;5-12,14-15H,1-4H3;/q2*-1;. The second-order valence-electron chi connectivity index (χ2n) is 15.4. The van der Waals surface area contributed by atoms with Crippen molar-refractivity contribution in [2.75, 3.05) is 0 Å². The smallest absolute Gasteiger partial charge is 0.121 e. The number of nitrogens with zero attached hydrogens (tertiary/aromatic N) is 2. The van der Waals surface area contributed by atoms with Crippen molar-refractivity contribution in [3.8, 4) is 44.8 Å². The first-order chi connectivity index (χ1) is 27.2. The summed E-state index contributed by atoms with van der Waals surface area (Å²) in [6.45, 7) is 11.5. The van der Waals surface area contributed by atoms with E-state index in [0.29, 0.717) is 0 Å². The zero-order valence-corrected chi connectivity index (χ0v) is 36.3. The summed E-state index contributed by atoms with van der Waals surface area (Å²) in [5, 5.41) is 3.62. The van der Waals surface area contributed by atoms with E-state index in [1.54, 1.807) is 0 Å². The summed E-state index contributed by atoms with van der Waals surface area (Å²) in [7, 11) is -1.33. The minimum Gasteiger partial charge on any atom is -0.501 e. The van der Waals surface area contributed by atoms with Gasteiger partial charge in [0.1, 0.15) is 5.58 Å². The number of hydrogen-bond acceptors (Lipinski definition) is 3. The molecule has 283 valence electrons. The van der Waals surface area contributed by atoms with Gasteiger partial charge in [0.15, 0.2) is 0 Å². The molecule has 1 unspecified atom stereocenters. The van der Waals surface area contributed by atoms with Gasteiger partial charge in [-0.1, -0.05) is 169 Å². The van der Waals surface area contributed by atoms with Gasteiger partial charge in [0.2, 0.25) is 0 Å². The van der Waals surface area contributed by atoms with Crippen LogP contribution in [0.25, 0.3) is 66.7 Å². The van der Waals surface area contributed by atoms with Crippen molar-refractivity contribution in [1.29, 1.82) is 0 Å². The van der Waals surface area contributed by atoms with Gasteiger partial charge in [-0.3, -0.25) is 0 Å². The molecule has 1 atom stereocenters. The maximum Gasteiger partial charge on any atom is 0.121 e. The topological polar surface area (TPSA) is 38.9 Å². The SMILES string of the molecule is CC(c1ccccc1)c1ccnc(-c2[c-]ccc3c2oc2cc(-c4ccccc4)ccc23)c1.Cc1cc(-c2[c-]cc(-c3ccccc3)cc2)ncc1[Si](C)(C)C.[Ir]. The molecule has 3 aromatic heterocycles. The Hall–Kier alpha value is -5.71. The van der Waals surface area contributed by atoms with E-state index in [2.05, 4.69) is 195 Å². The molecule has 6 aromatic carbocycles. The van der Waals surface area contributed by atoms with Gasteiger partial charge in [-0.25, -0.2) is 0 Å². The number of benzene rings is 6. The average Bonchev–Trinajstić information content (AvgIpc) is 3.62. The molecular weight excluding hydrogens is 889 g/mol. The molecule has 0 bridgehead atoms. The second kappa shape index (κ2) is 17.2. The molecule has 9 rings (SSSR count). The van der Waals surface area contributed by atoms with Crippen LogP contribution in [0.3, 0.4) is 0 Å². The van der Waals surface area contributed by atoms with E-state index < -0.39 is 8.07 Å². The summed E-state index contributed by atoms with van der Waals surface area (Å²) >= 11 is 0. The molecule has 0 saturated carbocycles. The number of fused-ring (bicyclic) bond motifs is 3. The molecule has 0 aliphatic heterocycles. The van der Waals surface area contributed by atoms with Crippen LogP contribution < -0.4 is 5.19 Å². The van der Waals surface area contributed by atoms with Crippen molar-refractivity contribution >= 4 is 35.2 Å². The van der Waals surface area contributed by atoms with Crippen molar-refractivity contribution < 1.29 is 24.5 Å². The molecule has 0 aliphatic rings. The van der Waals surface area contributed by atoms with Gasteiger partial charge in [-0.05, 0) is 57.9 Å². The molecule has 1 radical (unpaired) electrons. The minimum atomic E-state index is -1.33. The van der Waals surface area contributed by atoms with Crippen molar-refractivity contribution in [2.24, 2.45) is 0 Å². The van der Waals surface area contributed by atoms with Crippen LogP contribution in [0.1, 0.15) is 29.5 Å². The third-order valence-electron chi connectivity index (χ3n) is 10.5. The molecule has 3 heterocycles. The molecule has 0 amide bonds. The van der Waals surface area contributed by atoms with Gasteiger partial charge in [0, 0.05) is 43.8 Å². The molecule has 0 N–H and O–H groups in total. The van der Waals surface area contributed by atoms with Crippen LogP contribution in [0.15, 0.2) is 175 Å². The zero-order valence-electron chi connectivity index (χ0n) is 32.9. The number of rotatable bonds is 7. The van der Waals surface area contributed by atoms with E-state index >= 15 is 0 Å². The number of pyridine rings is 2. The molecule has 9 aromatic rings. The Morgan fingerprint density at radius 2 is 1.26 bits per heavy atom. The summed E-state index contributed by atoms with van der Waals surface area (Å²) < 4.78 is 6.41. The van der Waals surface area contributed by atoms with Crippen molar-refractivity contribution in [2.45, 2.75) is 39.4 Å². The number of aryl methyl sites for hydroxylation is 1. The van der Waals surface area contributed by atoms with Crippen molar-refractivity contribution in [1.82, 2.24) is 9.97 Å². The number of hydrogen-bond donors (Lipinski definition) is 0. The molecule has 57 heavy (non-hydrogen) atoms. The van der Waals surface area contributed by atoms with Crippen LogP contribution >= 0.6 is 0 Å². The van der Waals surface area contributed by atoms with Crippen LogP contribution in [-0.4, -0.2) is 18.0 Å². The Balaban J connectivity index is 0.000000183. The van der Waals surface area contributed by atoms with Gasteiger partial charge in [-0.15, -0.1) is 48.0 Å². The van der Waals surface area contributed by atoms with E-state index in [1.807, 2.05) is 30.5 Å². The van der Waals surface area contributed by atoms with Gasteiger partial charge < -0.3 is 14.4 Å². The quantitative estimate of drug-likeness (QED) is 0.118. The third-order valence-corrected chi connectivity index (χ3v) is 12.6. The van der Waals surface area contributed by atoms with Gasteiger partial charge in [0.05, 0.1) is 13.7 Å². The maximum absolute atomic E-state index is 6.41. The molecule has 0 fully saturated rings. The summed E-state index contributed by atoms with van der Waals surface area (Å²) in [4.78, 5) is 9.36. The third kappa shape index (κ3) is 8.67. The number of furan rings is 1. The molecule has 0 spiro atoms. The van der Waals surface area contributed by atoms with E-state index in [1.165, 1.54) is 38.6 Å². The second-order valence-corrected chi connectivity index (χ2v) is 20.4. The summed E-state index contributed by atoms with van der Waals surface area (Å²) in [6.07, 6.45) is 3.95. The first-order valence-electron chi connectivity index (χ1n) is 19.2. The molecule has 0 aliphatic carbocycles. The van der Waals surface area contributed by atoms with Crippen LogP contribution in [-0.2, 0) is 20.1 Å². The molecule has 3 nitrogen and oxygen atoms in total. The van der Waals surface area contributed by atoms with E-state index in [9.17, 15) is 0 Å².